The lowest BCUT2D eigenvalue weighted by molar-refractivity contribution is -0.115. The van der Waals surface area contributed by atoms with Crippen molar-refractivity contribution in [1.82, 2.24) is 5.32 Å². The Balaban J connectivity index is 2.91. The van der Waals surface area contributed by atoms with Gasteiger partial charge in [-0.2, -0.15) is 0 Å². The molecule has 1 atom stereocenters. The fraction of sp³-hybridized carbons (Fsp3) is 0.400. The van der Waals surface area contributed by atoms with Crippen molar-refractivity contribution in [3.05, 3.63) is 48.7 Å². The predicted molar refractivity (Wildman–Crippen MR) is 72.3 cm³/mol. The first-order valence-corrected chi connectivity index (χ1v) is 5.81. The molecule has 2 nitrogen and oxygen atoms in total. The van der Waals surface area contributed by atoms with Gasteiger partial charge in [-0.05, 0) is 23.6 Å². The van der Waals surface area contributed by atoms with Gasteiger partial charge in [-0.15, -0.1) is 0 Å². The first-order chi connectivity index (χ1) is 7.78. The molecule has 0 spiro atoms. The molecule has 1 unspecified atom stereocenters. The van der Waals surface area contributed by atoms with E-state index in [1.165, 1.54) is 6.08 Å². The van der Waals surface area contributed by atoms with Crippen LogP contribution >= 0.6 is 0 Å². The molecule has 0 aromatic carbocycles. The lowest BCUT2D eigenvalue weighted by Gasteiger charge is -2.37. The number of hydrogen-bond acceptors (Lipinski definition) is 1. The van der Waals surface area contributed by atoms with Gasteiger partial charge in [-0.1, -0.05) is 52.5 Å². The van der Waals surface area contributed by atoms with Gasteiger partial charge in [-0.25, -0.2) is 0 Å². The van der Waals surface area contributed by atoms with Gasteiger partial charge in [0.15, 0.2) is 0 Å². The highest BCUT2D eigenvalue weighted by Crippen LogP contribution is 2.41. The third-order valence-electron chi connectivity index (χ3n) is 3.40. The zero-order valence-electron chi connectivity index (χ0n) is 11.1. The molecule has 0 radical (unpaired) electrons. The summed E-state index contributed by atoms with van der Waals surface area (Å²) in [6.07, 6.45) is 11.4. The van der Waals surface area contributed by atoms with Crippen LogP contribution in [0.4, 0.5) is 0 Å². The van der Waals surface area contributed by atoms with E-state index in [0.717, 1.165) is 5.70 Å². The summed E-state index contributed by atoms with van der Waals surface area (Å²) in [6, 6.07) is 0. The molecule has 1 aliphatic carbocycles. The predicted octanol–water partition coefficient (Wildman–Crippen LogP) is 3.35. The van der Waals surface area contributed by atoms with Crippen LogP contribution in [0.2, 0.25) is 0 Å². The van der Waals surface area contributed by atoms with Gasteiger partial charge in [0.25, 0.3) is 0 Å². The molecular weight excluding hydrogens is 210 g/mol. The molecule has 1 amide bonds. The second-order valence-electron chi connectivity index (χ2n) is 5.54. The Morgan fingerprint density at radius 2 is 2.06 bits per heavy atom. The fourth-order valence-electron chi connectivity index (χ4n) is 1.50. The number of carbonyl (C=O) groups is 1. The van der Waals surface area contributed by atoms with Crippen LogP contribution in [0.3, 0.4) is 0 Å². The lowest BCUT2D eigenvalue weighted by Crippen LogP contribution is -2.28. The molecule has 1 aliphatic rings. The molecule has 0 aromatic rings. The quantitative estimate of drug-likeness (QED) is 0.725. The Kier molecular flexibility index (Phi) is 3.76. The summed E-state index contributed by atoms with van der Waals surface area (Å²) < 4.78 is 0. The van der Waals surface area contributed by atoms with Crippen molar-refractivity contribution < 1.29 is 4.79 Å². The Morgan fingerprint density at radius 1 is 1.41 bits per heavy atom. The third-order valence-corrected chi connectivity index (χ3v) is 3.40. The van der Waals surface area contributed by atoms with Crippen molar-refractivity contribution in [2.75, 3.05) is 0 Å². The maximum absolute atomic E-state index is 11.2. The second-order valence-corrected chi connectivity index (χ2v) is 5.54. The molecule has 92 valence electrons. The standard InChI is InChI=1S/C15H21NO/c1-6-13(17)16-12-8-7-10-15(5,11-9-12)14(2,3)4/h6-11H,1H2,2-5H3,(H,16,17). The van der Waals surface area contributed by atoms with Crippen molar-refractivity contribution in [3.63, 3.8) is 0 Å². The fourth-order valence-corrected chi connectivity index (χ4v) is 1.50. The zero-order chi connectivity index (χ0) is 13.1. The maximum Gasteiger partial charge on any atom is 0.247 e. The monoisotopic (exact) mass is 231 g/mol. The van der Waals surface area contributed by atoms with E-state index in [9.17, 15) is 4.79 Å². The summed E-state index contributed by atoms with van der Waals surface area (Å²) in [5.41, 5.74) is 0.898. The summed E-state index contributed by atoms with van der Waals surface area (Å²) in [6.45, 7) is 12.2. The average Bonchev–Trinajstić information content (AvgIpc) is 2.41. The van der Waals surface area contributed by atoms with Crippen LogP contribution in [-0.4, -0.2) is 5.91 Å². The smallest absolute Gasteiger partial charge is 0.247 e. The second kappa shape index (κ2) is 4.74. The van der Waals surface area contributed by atoms with Crippen molar-refractivity contribution in [3.8, 4) is 0 Å². The Hall–Kier alpha value is -1.57. The SMILES string of the molecule is C=CC(=O)NC1=CC=CC(C)(C(C)(C)C)C=C1. The van der Waals surface area contributed by atoms with E-state index in [-0.39, 0.29) is 16.7 Å². The van der Waals surface area contributed by atoms with Crippen LogP contribution < -0.4 is 5.32 Å². The number of allylic oxidation sites excluding steroid dienone is 5. The molecule has 0 bridgehead atoms. The molecular formula is C15H21NO. The number of rotatable bonds is 2. The van der Waals surface area contributed by atoms with Crippen LogP contribution in [0.25, 0.3) is 0 Å². The van der Waals surface area contributed by atoms with Crippen LogP contribution in [0.1, 0.15) is 27.7 Å². The summed E-state index contributed by atoms with van der Waals surface area (Å²) in [4.78, 5) is 11.2. The van der Waals surface area contributed by atoms with Gasteiger partial charge in [-0.3, -0.25) is 4.79 Å². The molecule has 2 heteroatoms. The van der Waals surface area contributed by atoms with E-state index in [0.29, 0.717) is 0 Å². The summed E-state index contributed by atoms with van der Waals surface area (Å²) >= 11 is 0. The summed E-state index contributed by atoms with van der Waals surface area (Å²) in [7, 11) is 0. The van der Waals surface area contributed by atoms with Crippen LogP contribution in [-0.2, 0) is 4.79 Å². The van der Waals surface area contributed by atoms with Gasteiger partial charge in [0.2, 0.25) is 5.91 Å². The number of amides is 1. The zero-order valence-corrected chi connectivity index (χ0v) is 11.1. The van der Waals surface area contributed by atoms with Gasteiger partial charge >= 0.3 is 0 Å². The summed E-state index contributed by atoms with van der Waals surface area (Å²) in [5.74, 6) is -0.186. The van der Waals surface area contributed by atoms with Crippen molar-refractivity contribution >= 4 is 5.91 Å². The number of nitrogens with one attached hydrogen (secondary N) is 1. The molecule has 1 N–H and O–H groups in total. The minimum Gasteiger partial charge on any atom is -0.323 e. The number of carbonyl (C=O) groups excluding carboxylic acids is 1. The van der Waals surface area contributed by atoms with E-state index in [1.54, 1.807) is 0 Å². The lowest BCUT2D eigenvalue weighted by atomic mass is 9.68. The average molecular weight is 231 g/mol. The topological polar surface area (TPSA) is 29.1 Å². The van der Waals surface area contributed by atoms with Crippen molar-refractivity contribution in [2.45, 2.75) is 27.7 Å². The normalized spacial score (nSPS) is 23.9. The van der Waals surface area contributed by atoms with Crippen LogP contribution in [0, 0.1) is 10.8 Å². The highest BCUT2D eigenvalue weighted by molar-refractivity contribution is 5.88. The molecule has 0 aromatic heterocycles. The van der Waals surface area contributed by atoms with Crippen molar-refractivity contribution in [2.24, 2.45) is 10.8 Å². The first-order valence-electron chi connectivity index (χ1n) is 5.81. The van der Waals surface area contributed by atoms with E-state index < -0.39 is 0 Å². The van der Waals surface area contributed by atoms with Crippen LogP contribution in [0.15, 0.2) is 48.7 Å². The highest BCUT2D eigenvalue weighted by Gasteiger charge is 2.32. The van der Waals surface area contributed by atoms with Gasteiger partial charge in [0.1, 0.15) is 0 Å². The van der Waals surface area contributed by atoms with E-state index >= 15 is 0 Å². The van der Waals surface area contributed by atoms with Crippen molar-refractivity contribution in [1.29, 1.82) is 0 Å². The molecule has 0 heterocycles. The largest absolute Gasteiger partial charge is 0.323 e. The summed E-state index contributed by atoms with van der Waals surface area (Å²) in [5, 5.41) is 2.76. The Bertz CT molecular complexity index is 407. The van der Waals surface area contributed by atoms with E-state index in [4.69, 9.17) is 0 Å². The molecule has 0 aliphatic heterocycles. The van der Waals surface area contributed by atoms with Gasteiger partial charge in [0, 0.05) is 11.1 Å². The molecule has 1 rings (SSSR count). The van der Waals surface area contributed by atoms with E-state index in [1.807, 2.05) is 18.2 Å². The molecule has 17 heavy (non-hydrogen) atoms. The molecule has 0 saturated carbocycles. The third kappa shape index (κ3) is 3.19. The minimum absolute atomic E-state index is 0.0237. The molecule has 0 fully saturated rings. The van der Waals surface area contributed by atoms with Gasteiger partial charge < -0.3 is 5.32 Å². The minimum atomic E-state index is -0.186. The Morgan fingerprint density at radius 3 is 2.59 bits per heavy atom. The Labute approximate surface area is 104 Å². The maximum atomic E-state index is 11.2. The van der Waals surface area contributed by atoms with E-state index in [2.05, 4.69) is 51.7 Å². The van der Waals surface area contributed by atoms with Crippen LogP contribution in [0.5, 0.6) is 0 Å². The number of hydrogen-bond donors (Lipinski definition) is 1. The molecule has 0 saturated heterocycles. The highest BCUT2D eigenvalue weighted by atomic mass is 16.1. The van der Waals surface area contributed by atoms with Gasteiger partial charge in [0.05, 0.1) is 0 Å². The first kappa shape index (κ1) is 13.5.